The van der Waals surface area contributed by atoms with Crippen LogP contribution >= 0.6 is 0 Å². The van der Waals surface area contributed by atoms with Gasteiger partial charge in [-0.2, -0.15) is 0 Å². The van der Waals surface area contributed by atoms with Crippen molar-refractivity contribution in [3.05, 3.63) is 34.9 Å². The average Bonchev–Trinajstić information content (AvgIpc) is 2.33. The van der Waals surface area contributed by atoms with E-state index in [2.05, 4.69) is 0 Å². The molecule has 1 rings (SSSR count). The summed E-state index contributed by atoms with van der Waals surface area (Å²) >= 11 is 0. The van der Waals surface area contributed by atoms with Crippen LogP contribution in [0.1, 0.15) is 37.5 Å². The number of benzene rings is 1. The summed E-state index contributed by atoms with van der Waals surface area (Å²) < 4.78 is 5.01. The normalized spacial score (nSPS) is 12.3. The van der Waals surface area contributed by atoms with Crippen LogP contribution < -0.4 is 0 Å². The van der Waals surface area contributed by atoms with E-state index in [0.717, 1.165) is 11.1 Å². The van der Waals surface area contributed by atoms with E-state index in [1.54, 1.807) is 6.92 Å². The summed E-state index contributed by atoms with van der Waals surface area (Å²) in [5.41, 5.74) is 3.31. The van der Waals surface area contributed by atoms with E-state index in [-0.39, 0.29) is 18.1 Å². The molecule has 0 fully saturated rings. The van der Waals surface area contributed by atoms with E-state index < -0.39 is 11.9 Å². The molecular formula is C17H24O3. The first-order valence-corrected chi connectivity index (χ1v) is 7.12. The fourth-order valence-corrected chi connectivity index (χ4v) is 2.23. The predicted octanol–water partition coefficient (Wildman–Crippen LogP) is 3.25. The summed E-state index contributed by atoms with van der Waals surface area (Å²) in [6.07, 6.45) is 0.281. The lowest BCUT2D eigenvalue weighted by Crippen LogP contribution is -2.31. The highest BCUT2D eigenvalue weighted by molar-refractivity contribution is 6.00. The van der Waals surface area contributed by atoms with Crippen molar-refractivity contribution >= 4 is 11.8 Å². The van der Waals surface area contributed by atoms with Crippen molar-refractivity contribution in [1.82, 2.24) is 0 Å². The van der Waals surface area contributed by atoms with Crippen LogP contribution in [0.4, 0.5) is 0 Å². The molecule has 1 aromatic rings. The highest BCUT2D eigenvalue weighted by Crippen LogP contribution is 2.18. The van der Waals surface area contributed by atoms with Crippen molar-refractivity contribution in [2.45, 2.75) is 41.0 Å². The summed E-state index contributed by atoms with van der Waals surface area (Å²) in [4.78, 5) is 24.3. The number of carbonyl (C=O) groups is 2. The molecule has 20 heavy (non-hydrogen) atoms. The Hall–Kier alpha value is -1.64. The Labute approximate surface area is 121 Å². The van der Waals surface area contributed by atoms with Gasteiger partial charge in [-0.05, 0) is 43.4 Å². The minimum Gasteiger partial charge on any atom is -0.465 e. The molecule has 0 aliphatic carbocycles. The van der Waals surface area contributed by atoms with Crippen LogP contribution in [-0.2, 0) is 20.7 Å². The molecule has 110 valence electrons. The van der Waals surface area contributed by atoms with Gasteiger partial charge in [-0.15, -0.1) is 0 Å². The Kier molecular flexibility index (Phi) is 5.93. The van der Waals surface area contributed by atoms with Gasteiger partial charge in [0.25, 0.3) is 0 Å². The van der Waals surface area contributed by atoms with Gasteiger partial charge in [0.2, 0.25) is 0 Å². The molecule has 1 atom stereocenters. The van der Waals surface area contributed by atoms with Crippen molar-refractivity contribution < 1.29 is 14.3 Å². The Morgan fingerprint density at radius 1 is 1.15 bits per heavy atom. The van der Waals surface area contributed by atoms with E-state index in [1.807, 2.05) is 45.9 Å². The summed E-state index contributed by atoms with van der Waals surface area (Å²) in [5.74, 6) is -1.19. The second-order valence-corrected chi connectivity index (χ2v) is 5.54. The lowest BCUT2D eigenvalue weighted by atomic mass is 9.88. The number of Topliss-reactive ketones (excluding diaryl/α,β-unsaturated/α-hetero) is 1. The lowest BCUT2D eigenvalue weighted by Gasteiger charge is -2.18. The van der Waals surface area contributed by atoms with Crippen molar-refractivity contribution in [3.8, 4) is 0 Å². The maximum Gasteiger partial charge on any atom is 0.316 e. The molecule has 0 saturated heterocycles. The van der Waals surface area contributed by atoms with Gasteiger partial charge in [0.1, 0.15) is 5.92 Å². The number of esters is 1. The maximum atomic E-state index is 12.4. The number of rotatable bonds is 6. The second-order valence-electron chi connectivity index (χ2n) is 5.54. The smallest absolute Gasteiger partial charge is 0.316 e. The molecule has 1 aromatic carbocycles. The number of ketones is 1. The quantitative estimate of drug-likeness (QED) is 0.591. The molecule has 0 spiro atoms. The molecule has 0 bridgehead atoms. The van der Waals surface area contributed by atoms with E-state index >= 15 is 0 Å². The molecule has 0 aromatic heterocycles. The largest absolute Gasteiger partial charge is 0.465 e. The minimum absolute atomic E-state index is 0.0481. The molecule has 3 nitrogen and oxygen atoms in total. The van der Waals surface area contributed by atoms with Crippen molar-refractivity contribution in [1.29, 1.82) is 0 Å². The van der Waals surface area contributed by atoms with Crippen LogP contribution in [0.3, 0.4) is 0 Å². The second kappa shape index (κ2) is 7.22. The van der Waals surface area contributed by atoms with Crippen molar-refractivity contribution in [2.75, 3.05) is 6.61 Å². The number of aryl methyl sites for hydroxylation is 2. The number of hydrogen-bond acceptors (Lipinski definition) is 3. The van der Waals surface area contributed by atoms with Crippen LogP contribution in [0.2, 0.25) is 0 Å². The average molecular weight is 276 g/mol. The third-order valence-electron chi connectivity index (χ3n) is 3.50. The fraction of sp³-hybridized carbons (Fsp3) is 0.529. The topological polar surface area (TPSA) is 43.4 Å². The third kappa shape index (κ3) is 4.19. The Bertz CT molecular complexity index is 489. The van der Waals surface area contributed by atoms with Crippen molar-refractivity contribution in [2.24, 2.45) is 11.8 Å². The predicted molar refractivity (Wildman–Crippen MR) is 79.6 cm³/mol. The standard InChI is InChI=1S/C17H24O3/c1-6-20-17(19)16(11(2)3)15(18)10-14-8-7-12(4)13(5)9-14/h7-9,11,16H,6,10H2,1-5H3. The molecule has 0 heterocycles. The highest BCUT2D eigenvalue weighted by atomic mass is 16.5. The number of ether oxygens (including phenoxy) is 1. The van der Waals surface area contributed by atoms with E-state index in [0.29, 0.717) is 6.61 Å². The van der Waals surface area contributed by atoms with Crippen LogP contribution in [0.25, 0.3) is 0 Å². The molecule has 0 aliphatic rings. The van der Waals surface area contributed by atoms with Gasteiger partial charge in [0.05, 0.1) is 6.61 Å². The molecule has 3 heteroatoms. The lowest BCUT2D eigenvalue weighted by molar-refractivity contribution is -0.153. The molecular weight excluding hydrogens is 252 g/mol. The SMILES string of the molecule is CCOC(=O)C(C(=O)Cc1ccc(C)c(C)c1)C(C)C. The Balaban J connectivity index is 2.85. The highest BCUT2D eigenvalue weighted by Gasteiger charge is 2.30. The minimum atomic E-state index is -0.670. The van der Waals surface area contributed by atoms with Gasteiger partial charge in [-0.25, -0.2) is 0 Å². The molecule has 0 amide bonds. The number of hydrogen-bond donors (Lipinski definition) is 0. The van der Waals surface area contributed by atoms with Gasteiger partial charge < -0.3 is 4.74 Å². The monoisotopic (exact) mass is 276 g/mol. The number of carbonyl (C=O) groups excluding carboxylic acids is 2. The molecule has 1 unspecified atom stereocenters. The Morgan fingerprint density at radius 3 is 2.30 bits per heavy atom. The van der Waals surface area contributed by atoms with E-state index in [9.17, 15) is 9.59 Å². The summed E-state index contributed by atoms with van der Waals surface area (Å²) in [7, 11) is 0. The first-order valence-electron chi connectivity index (χ1n) is 7.12. The summed E-state index contributed by atoms with van der Waals surface area (Å²) in [5, 5.41) is 0. The van der Waals surface area contributed by atoms with E-state index in [4.69, 9.17) is 4.74 Å². The van der Waals surface area contributed by atoms with Crippen LogP contribution in [0.15, 0.2) is 18.2 Å². The van der Waals surface area contributed by atoms with Gasteiger partial charge in [0.15, 0.2) is 5.78 Å². The summed E-state index contributed by atoms with van der Waals surface area (Å²) in [6.45, 7) is 9.87. The van der Waals surface area contributed by atoms with Crippen molar-refractivity contribution in [3.63, 3.8) is 0 Å². The van der Waals surface area contributed by atoms with Crippen LogP contribution in [0, 0.1) is 25.7 Å². The van der Waals surface area contributed by atoms with Crippen LogP contribution in [0.5, 0.6) is 0 Å². The van der Waals surface area contributed by atoms with Gasteiger partial charge in [0, 0.05) is 6.42 Å². The fourth-order valence-electron chi connectivity index (χ4n) is 2.23. The molecule has 0 saturated carbocycles. The first-order chi connectivity index (χ1) is 9.36. The molecule has 0 N–H and O–H groups in total. The first kappa shape index (κ1) is 16.4. The zero-order valence-electron chi connectivity index (χ0n) is 13.0. The zero-order valence-corrected chi connectivity index (χ0v) is 13.0. The zero-order chi connectivity index (χ0) is 15.3. The summed E-state index contributed by atoms with van der Waals surface area (Å²) in [6, 6.07) is 5.96. The Morgan fingerprint density at radius 2 is 1.80 bits per heavy atom. The molecule has 0 aliphatic heterocycles. The van der Waals surface area contributed by atoms with Gasteiger partial charge in [-0.3, -0.25) is 9.59 Å². The van der Waals surface area contributed by atoms with E-state index in [1.165, 1.54) is 5.56 Å². The van der Waals surface area contributed by atoms with Gasteiger partial charge in [-0.1, -0.05) is 32.0 Å². The van der Waals surface area contributed by atoms with Gasteiger partial charge >= 0.3 is 5.97 Å². The third-order valence-corrected chi connectivity index (χ3v) is 3.50. The maximum absolute atomic E-state index is 12.4. The van der Waals surface area contributed by atoms with Crippen LogP contribution in [-0.4, -0.2) is 18.4 Å². The molecule has 0 radical (unpaired) electrons.